The van der Waals surface area contributed by atoms with Gasteiger partial charge in [0.05, 0.1) is 6.04 Å². The van der Waals surface area contributed by atoms with Crippen molar-refractivity contribution in [2.45, 2.75) is 26.4 Å². The summed E-state index contributed by atoms with van der Waals surface area (Å²) in [7, 11) is 0. The van der Waals surface area contributed by atoms with Gasteiger partial charge in [0.2, 0.25) is 5.91 Å². The van der Waals surface area contributed by atoms with Crippen LogP contribution in [0.5, 0.6) is 0 Å². The quantitative estimate of drug-likeness (QED) is 0.894. The van der Waals surface area contributed by atoms with Crippen LogP contribution < -0.4 is 5.32 Å². The minimum absolute atomic E-state index is 0.0521. The number of halogens is 1. The van der Waals surface area contributed by atoms with Crippen LogP contribution in [-0.4, -0.2) is 47.9 Å². The monoisotopic (exact) mass is 355 g/mol. The summed E-state index contributed by atoms with van der Waals surface area (Å²) in [6, 6.07) is 14.3. The van der Waals surface area contributed by atoms with Crippen molar-refractivity contribution in [1.29, 1.82) is 0 Å². The molecule has 0 bridgehead atoms. The highest BCUT2D eigenvalue weighted by Crippen LogP contribution is 2.14. The second-order valence-corrected chi connectivity index (χ2v) is 6.97. The van der Waals surface area contributed by atoms with Crippen LogP contribution >= 0.6 is 0 Å². The Hall–Kier alpha value is -2.24. The molecule has 5 heteroatoms. The van der Waals surface area contributed by atoms with Crippen molar-refractivity contribution >= 4 is 11.6 Å². The molecule has 138 valence electrons. The van der Waals surface area contributed by atoms with E-state index in [0.717, 1.165) is 32.7 Å². The van der Waals surface area contributed by atoms with E-state index in [1.807, 2.05) is 6.92 Å². The Labute approximate surface area is 154 Å². The molecular formula is C21H26FN3O. The third-order valence-electron chi connectivity index (χ3n) is 4.93. The molecule has 1 N–H and O–H groups in total. The number of hydrogen-bond donors (Lipinski definition) is 1. The average Bonchev–Trinajstić information content (AvgIpc) is 2.64. The summed E-state index contributed by atoms with van der Waals surface area (Å²) in [4.78, 5) is 17.1. The summed E-state index contributed by atoms with van der Waals surface area (Å²) in [5, 5.41) is 2.86. The van der Waals surface area contributed by atoms with Crippen molar-refractivity contribution in [2.75, 3.05) is 31.5 Å². The lowest BCUT2D eigenvalue weighted by Crippen LogP contribution is -2.52. The number of carbonyl (C=O) groups excluding carboxylic acids is 1. The van der Waals surface area contributed by atoms with Gasteiger partial charge in [-0.25, -0.2) is 4.39 Å². The molecule has 0 spiro atoms. The van der Waals surface area contributed by atoms with Crippen LogP contribution in [0, 0.1) is 12.7 Å². The number of rotatable bonds is 5. The van der Waals surface area contributed by atoms with Crippen molar-refractivity contribution in [3.63, 3.8) is 0 Å². The normalized spacial score (nSPS) is 17.0. The van der Waals surface area contributed by atoms with E-state index in [9.17, 15) is 9.18 Å². The van der Waals surface area contributed by atoms with Crippen LogP contribution in [-0.2, 0) is 11.3 Å². The summed E-state index contributed by atoms with van der Waals surface area (Å²) in [5.41, 5.74) is 3.24. The Morgan fingerprint density at radius 3 is 2.46 bits per heavy atom. The van der Waals surface area contributed by atoms with Gasteiger partial charge in [0, 0.05) is 38.4 Å². The zero-order valence-electron chi connectivity index (χ0n) is 15.4. The first-order chi connectivity index (χ1) is 12.5. The van der Waals surface area contributed by atoms with Crippen molar-refractivity contribution in [1.82, 2.24) is 9.80 Å². The largest absolute Gasteiger partial charge is 0.325 e. The van der Waals surface area contributed by atoms with E-state index in [0.29, 0.717) is 5.69 Å². The molecule has 1 aliphatic rings. The second kappa shape index (κ2) is 8.43. The zero-order valence-corrected chi connectivity index (χ0v) is 15.4. The predicted molar refractivity (Wildman–Crippen MR) is 103 cm³/mol. The number of piperazine rings is 1. The van der Waals surface area contributed by atoms with Gasteiger partial charge >= 0.3 is 0 Å². The van der Waals surface area contributed by atoms with Gasteiger partial charge in [-0.3, -0.25) is 14.6 Å². The number of carbonyl (C=O) groups is 1. The van der Waals surface area contributed by atoms with Gasteiger partial charge in [0.1, 0.15) is 5.82 Å². The molecule has 0 aliphatic carbocycles. The third kappa shape index (κ3) is 4.90. The minimum Gasteiger partial charge on any atom is -0.325 e. The maximum atomic E-state index is 13.0. The van der Waals surface area contributed by atoms with Crippen LogP contribution in [0.3, 0.4) is 0 Å². The van der Waals surface area contributed by atoms with Crippen molar-refractivity contribution < 1.29 is 9.18 Å². The number of benzene rings is 2. The maximum absolute atomic E-state index is 13.0. The number of hydrogen-bond acceptors (Lipinski definition) is 3. The Morgan fingerprint density at radius 2 is 1.81 bits per heavy atom. The lowest BCUT2D eigenvalue weighted by molar-refractivity contribution is -0.121. The fourth-order valence-corrected chi connectivity index (χ4v) is 3.32. The van der Waals surface area contributed by atoms with Crippen LogP contribution in [0.15, 0.2) is 48.5 Å². The average molecular weight is 355 g/mol. The molecule has 1 heterocycles. The van der Waals surface area contributed by atoms with Crippen molar-refractivity contribution in [2.24, 2.45) is 0 Å². The van der Waals surface area contributed by atoms with E-state index >= 15 is 0 Å². The molecule has 0 unspecified atom stereocenters. The number of amides is 1. The molecule has 2 aromatic rings. The molecule has 3 rings (SSSR count). The molecule has 4 nitrogen and oxygen atoms in total. The van der Waals surface area contributed by atoms with E-state index in [-0.39, 0.29) is 17.8 Å². The summed E-state index contributed by atoms with van der Waals surface area (Å²) in [6.07, 6.45) is 0. The summed E-state index contributed by atoms with van der Waals surface area (Å²) in [5.74, 6) is -0.357. The Morgan fingerprint density at radius 1 is 1.12 bits per heavy atom. The van der Waals surface area contributed by atoms with E-state index < -0.39 is 0 Å². The number of aryl methyl sites for hydroxylation is 1. The minimum atomic E-state index is -0.305. The predicted octanol–water partition coefficient (Wildman–Crippen LogP) is 3.28. The molecular weight excluding hydrogens is 329 g/mol. The fourth-order valence-electron chi connectivity index (χ4n) is 3.32. The summed E-state index contributed by atoms with van der Waals surface area (Å²) < 4.78 is 13.0. The Kier molecular flexibility index (Phi) is 6.01. The molecule has 1 fully saturated rings. The molecule has 0 aromatic heterocycles. The number of nitrogens with zero attached hydrogens (tertiary/aromatic N) is 2. The summed E-state index contributed by atoms with van der Waals surface area (Å²) in [6.45, 7) is 8.61. The van der Waals surface area contributed by atoms with Gasteiger partial charge in [-0.1, -0.05) is 29.8 Å². The van der Waals surface area contributed by atoms with Crippen LogP contribution in [0.1, 0.15) is 18.1 Å². The third-order valence-corrected chi connectivity index (χ3v) is 4.93. The van der Waals surface area contributed by atoms with Gasteiger partial charge in [-0.05, 0) is 43.7 Å². The first-order valence-corrected chi connectivity index (χ1v) is 9.09. The topological polar surface area (TPSA) is 35.6 Å². The van der Waals surface area contributed by atoms with Gasteiger partial charge in [-0.15, -0.1) is 0 Å². The van der Waals surface area contributed by atoms with Gasteiger partial charge in [0.15, 0.2) is 0 Å². The molecule has 1 aliphatic heterocycles. The standard InChI is InChI=1S/C21H26FN3O/c1-16-4-3-5-18(14-16)15-24-10-12-25(13-11-24)17(2)21(26)23-20-8-6-19(22)7-9-20/h3-9,14,17H,10-13,15H2,1-2H3,(H,23,26)/t17-/m1/s1. The molecule has 1 saturated heterocycles. The van der Waals surface area contributed by atoms with Gasteiger partial charge in [-0.2, -0.15) is 0 Å². The molecule has 0 saturated carbocycles. The molecule has 0 radical (unpaired) electrons. The van der Waals surface area contributed by atoms with Crippen LogP contribution in [0.2, 0.25) is 0 Å². The lowest BCUT2D eigenvalue weighted by Gasteiger charge is -2.37. The number of nitrogens with one attached hydrogen (secondary N) is 1. The zero-order chi connectivity index (χ0) is 18.5. The highest BCUT2D eigenvalue weighted by Gasteiger charge is 2.25. The van der Waals surface area contributed by atoms with Crippen LogP contribution in [0.25, 0.3) is 0 Å². The van der Waals surface area contributed by atoms with Crippen LogP contribution in [0.4, 0.5) is 10.1 Å². The Bertz CT molecular complexity index is 739. The fraction of sp³-hybridized carbons (Fsp3) is 0.381. The first kappa shape index (κ1) is 18.5. The highest BCUT2D eigenvalue weighted by molar-refractivity contribution is 5.94. The number of anilines is 1. The van der Waals surface area contributed by atoms with Gasteiger partial charge in [0.25, 0.3) is 0 Å². The smallest absolute Gasteiger partial charge is 0.241 e. The highest BCUT2D eigenvalue weighted by atomic mass is 19.1. The molecule has 1 atom stereocenters. The first-order valence-electron chi connectivity index (χ1n) is 9.09. The Balaban J connectivity index is 1.49. The van der Waals surface area contributed by atoms with Crippen molar-refractivity contribution in [3.8, 4) is 0 Å². The van der Waals surface area contributed by atoms with Crippen molar-refractivity contribution in [3.05, 3.63) is 65.5 Å². The molecule has 26 heavy (non-hydrogen) atoms. The molecule has 2 aromatic carbocycles. The second-order valence-electron chi connectivity index (χ2n) is 6.97. The lowest BCUT2D eigenvalue weighted by atomic mass is 10.1. The van der Waals surface area contributed by atoms with E-state index in [4.69, 9.17) is 0 Å². The van der Waals surface area contributed by atoms with E-state index in [1.54, 1.807) is 12.1 Å². The van der Waals surface area contributed by atoms with E-state index in [1.165, 1.54) is 23.3 Å². The summed E-state index contributed by atoms with van der Waals surface area (Å²) >= 11 is 0. The molecule has 1 amide bonds. The SMILES string of the molecule is Cc1cccc(CN2CCN([C@H](C)C(=O)Nc3ccc(F)cc3)CC2)c1. The van der Waals surface area contributed by atoms with Gasteiger partial charge < -0.3 is 5.32 Å². The maximum Gasteiger partial charge on any atom is 0.241 e. The van der Waals surface area contributed by atoms with E-state index in [2.05, 4.69) is 46.3 Å².